The van der Waals surface area contributed by atoms with Crippen molar-refractivity contribution in [2.24, 2.45) is 0 Å². The van der Waals surface area contributed by atoms with Crippen LogP contribution in [0.3, 0.4) is 0 Å². The molecule has 0 saturated carbocycles. The number of rotatable bonds is 3. The average molecular weight is 383 g/mol. The molecular formula is C20H17NO7. The van der Waals surface area contributed by atoms with Crippen LogP contribution in [0.4, 0.5) is 4.79 Å². The van der Waals surface area contributed by atoms with Gasteiger partial charge in [-0.3, -0.25) is 4.79 Å². The van der Waals surface area contributed by atoms with Crippen LogP contribution < -0.4 is 24.4 Å². The molecule has 0 saturated heterocycles. The normalized spacial score (nSPS) is 12.1. The minimum atomic E-state index is -0.692. The van der Waals surface area contributed by atoms with Crippen molar-refractivity contribution in [1.82, 2.24) is 4.90 Å². The second-order valence-corrected chi connectivity index (χ2v) is 6.28. The molecular weight excluding hydrogens is 366 g/mol. The van der Waals surface area contributed by atoms with E-state index in [1.807, 2.05) is 0 Å². The lowest BCUT2D eigenvalue weighted by Crippen LogP contribution is -2.27. The van der Waals surface area contributed by atoms with E-state index in [4.69, 9.17) is 23.4 Å². The maximum atomic E-state index is 13.1. The molecule has 0 radical (unpaired) electrons. The zero-order chi connectivity index (χ0) is 19.8. The fourth-order valence-corrected chi connectivity index (χ4v) is 2.78. The van der Waals surface area contributed by atoms with E-state index in [9.17, 15) is 9.59 Å². The van der Waals surface area contributed by atoms with Crippen LogP contribution in [0, 0.1) is 0 Å². The largest absolute Gasteiger partial charge is 0.497 e. The first-order chi connectivity index (χ1) is 13.5. The minimum Gasteiger partial charge on any atom is -0.497 e. The van der Waals surface area contributed by atoms with Gasteiger partial charge in [0.05, 0.1) is 12.5 Å². The predicted molar refractivity (Wildman–Crippen MR) is 100 cm³/mol. The van der Waals surface area contributed by atoms with Gasteiger partial charge in [0.25, 0.3) is 0 Å². The first-order valence-corrected chi connectivity index (χ1v) is 8.42. The van der Waals surface area contributed by atoms with Crippen molar-refractivity contribution < 1.29 is 28.2 Å². The third kappa shape index (κ3) is 2.98. The third-order valence-corrected chi connectivity index (χ3v) is 4.25. The maximum absolute atomic E-state index is 13.1. The fourth-order valence-electron chi connectivity index (χ4n) is 2.78. The fraction of sp³-hybridized carbons (Fsp3) is 0.200. The van der Waals surface area contributed by atoms with Gasteiger partial charge in [-0.05, 0) is 30.3 Å². The summed E-state index contributed by atoms with van der Waals surface area (Å²) in [4.78, 5) is 26.4. The number of benzene rings is 2. The summed E-state index contributed by atoms with van der Waals surface area (Å²) in [5.74, 6) is 1.54. The number of fused-ring (bicyclic) bond motifs is 2. The molecule has 8 heteroatoms. The van der Waals surface area contributed by atoms with Crippen LogP contribution in [0.15, 0.2) is 45.6 Å². The van der Waals surface area contributed by atoms with Crippen molar-refractivity contribution in [1.29, 1.82) is 0 Å². The molecule has 2 heterocycles. The topological polar surface area (TPSA) is 87.4 Å². The molecule has 1 aliphatic rings. The van der Waals surface area contributed by atoms with Crippen LogP contribution >= 0.6 is 0 Å². The Labute approximate surface area is 159 Å². The molecule has 1 aromatic heterocycles. The second kappa shape index (κ2) is 6.80. The Hall–Kier alpha value is -3.68. The van der Waals surface area contributed by atoms with Crippen LogP contribution in [-0.2, 0) is 0 Å². The van der Waals surface area contributed by atoms with E-state index in [0.29, 0.717) is 28.4 Å². The van der Waals surface area contributed by atoms with Gasteiger partial charge in [-0.25, -0.2) is 4.79 Å². The van der Waals surface area contributed by atoms with Crippen LogP contribution in [0.5, 0.6) is 23.0 Å². The predicted octanol–water partition coefficient (Wildman–Crippen LogP) is 3.26. The van der Waals surface area contributed by atoms with Crippen molar-refractivity contribution in [3.05, 3.63) is 46.6 Å². The monoisotopic (exact) mass is 383 g/mol. The van der Waals surface area contributed by atoms with Gasteiger partial charge in [0.15, 0.2) is 17.3 Å². The second-order valence-electron chi connectivity index (χ2n) is 6.28. The van der Waals surface area contributed by atoms with Crippen molar-refractivity contribution >= 4 is 17.1 Å². The highest BCUT2D eigenvalue weighted by molar-refractivity contribution is 5.85. The summed E-state index contributed by atoms with van der Waals surface area (Å²) in [6.07, 6.45) is -0.692. The Morgan fingerprint density at radius 1 is 1.07 bits per heavy atom. The zero-order valence-electron chi connectivity index (χ0n) is 15.5. The highest BCUT2D eigenvalue weighted by Crippen LogP contribution is 2.39. The summed E-state index contributed by atoms with van der Waals surface area (Å²) < 4.78 is 27.2. The lowest BCUT2D eigenvalue weighted by Gasteiger charge is -2.14. The average Bonchev–Trinajstić information content (AvgIpc) is 3.17. The molecule has 28 heavy (non-hydrogen) atoms. The molecule has 0 bridgehead atoms. The lowest BCUT2D eigenvalue weighted by atomic mass is 10.1. The Balaban J connectivity index is 1.95. The Bertz CT molecular complexity index is 1130. The molecule has 0 atom stereocenters. The van der Waals surface area contributed by atoms with Crippen molar-refractivity contribution in [2.75, 3.05) is 28.0 Å². The summed E-state index contributed by atoms with van der Waals surface area (Å²) in [6, 6.07) is 9.87. The summed E-state index contributed by atoms with van der Waals surface area (Å²) in [7, 11) is 4.57. The van der Waals surface area contributed by atoms with E-state index >= 15 is 0 Å². The lowest BCUT2D eigenvalue weighted by molar-refractivity contribution is 0.171. The number of ether oxygens (including phenoxy) is 4. The maximum Gasteiger partial charge on any atom is 0.414 e. The summed E-state index contributed by atoms with van der Waals surface area (Å²) in [5.41, 5.74) is 0.348. The summed E-state index contributed by atoms with van der Waals surface area (Å²) in [5, 5.41) is 0.270. The summed E-state index contributed by atoms with van der Waals surface area (Å²) >= 11 is 0. The molecule has 0 fully saturated rings. The Kier molecular flexibility index (Phi) is 4.31. The third-order valence-electron chi connectivity index (χ3n) is 4.25. The first kappa shape index (κ1) is 17.7. The number of carbonyl (C=O) groups is 1. The van der Waals surface area contributed by atoms with Crippen LogP contribution in [0.1, 0.15) is 0 Å². The van der Waals surface area contributed by atoms with Crippen molar-refractivity contribution in [2.45, 2.75) is 0 Å². The van der Waals surface area contributed by atoms with Gasteiger partial charge >= 0.3 is 6.09 Å². The minimum absolute atomic E-state index is 0.110. The highest BCUT2D eigenvalue weighted by Gasteiger charge is 2.23. The molecule has 0 aliphatic carbocycles. The molecule has 1 aliphatic heterocycles. The first-order valence-electron chi connectivity index (χ1n) is 8.42. The quantitative estimate of drug-likeness (QED) is 0.686. The van der Waals surface area contributed by atoms with E-state index in [1.165, 1.54) is 26.1 Å². The molecule has 0 N–H and O–H groups in total. The number of carbonyl (C=O) groups excluding carboxylic acids is 1. The van der Waals surface area contributed by atoms with Crippen LogP contribution in [-0.4, -0.2) is 39.0 Å². The van der Waals surface area contributed by atoms with Gasteiger partial charge < -0.3 is 28.3 Å². The van der Waals surface area contributed by atoms with E-state index in [2.05, 4.69) is 0 Å². The highest BCUT2D eigenvalue weighted by atomic mass is 16.7. The molecule has 144 valence electrons. The Morgan fingerprint density at radius 3 is 2.61 bits per heavy atom. The Morgan fingerprint density at radius 2 is 1.86 bits per heavy atom. The molecule has 2 aromatic carbocycles. The van der Waals surface area contributed by atoms with Gasteiger partial charge in [0.2, 0.25) is 18.0 Å². The number of hydrogen-bond donors (Lipinski definition) is 0. The van der Waals surface area contributed by atoms with Gasteiger partial charge in [0.1, 0.15) is 11.3 Å². The number of amides is 1. The van der Waals surface area contributed by atoms with E-state index < -0.39 is 11.5 Å². The molecule has 4 rings (SSSR count). The van der Waals surface area contributed by atoms with Gasteiger partial charge in [-0.2, -0.15) is 0 Å². The number of hydrogen-bond acceptors (Lipinski definition) is 7. The van der Waals surface area contributed by atoms with Gasteiger partial charge in [-0.15, -0.1) is 0 Å². The van der Waals surface area contributed by atoms with Gasteiger partial charge in [-0.1, -0.05) is 0 Å². The van der Waals surface area contributed by atoms with Crippen LogP contribution in [0.25, 0.3) is 22.3 Å². The van der Waals surface area contributed by atoms with E-state index in [1.54, 1.807) is 36.4 Å². The van der Waals surface area contributed by atoms with E-state index in [-0.39, 0.29) is 23.7 Å². The smallest absolute Gasteiger partial charge is 0.414 e. The number of methoxy groups -OCH3 is 1. The standard InChI is InChI=1S/C20H17NO7/c1-21(2)20(23)28-19-17(22)13-6-5-12(24-3)9-15(13)27-18(19)11-4-7-14-16(8-11)26-10-25-14/h4-9H,10H2,1-3H3. The van der Waals surface area contributed by atoms with Gasteiger partial charge in [0, 0.05) is 25.7 Å². The molecule has 0 spiro atoms. The molecule has 8 nitrogen and oxygen atoms in total. The molecule has 0 unspecified atom stereocenters. The zero-order valence-corrected chi connectivity index (χ0v) is 15.5. The molecule has 3 aromatic rings. The van der Waals surface area contributed by atoms with Crippen molar-refractivity contribution in [3.8, 4) is 34.3 Å². The van der Waals surface area contributed by atoms with Crippen molar-refractivity contribution in [3.63, 3.8) is 0 Å². The molecule has 1 amide bonds. The van der Waals surface area contributed by atoms with E-state index in [0.717, 1.165) is 0 Å². The SMILES string of the molecule is COc1ccc2c(=O)c(OC(=O)N(C)C)c(-c3ccc4c(c3)OCO4)oc2c1. The van der Waals surface area contributed by atoms with Crippen LogP contribution in [0.2, 0.25) is 0 Å². The number of nitrogens with zero attached hydrogens (tertiary/aromatic N) is 1. The summed E-state index contributed by atoms with van der Waals surface area (Å²) in [6.45, 7) is 0.111.